The van der Waals surface area contributed by atoms with E-state index >= 15 is 0 Å². The Hall–Kier alpha value is -3.43. The van der Waals surface area contributed by atoms with Crippen molar-refractivity contribution in [1.29, 1.82) is 0 Å². The lowest BCUT2D eigenvalue weighted by atomic mass is 9.97. The fourth-order valence-corrected chi connectivity index (χ4v) is 6.32. The Morgan fingerprint density at radius 2 is 1.68 bits per heavy atom. The highest BCUT2D eigenvalue weighted by molar-refractivity contribution is 7.89. The summed E-state index contributed by atoms with van der Waals surface area (Å²) in [6.45, 7) is 2.77. The molecule has 0 spiro atoms. The second-order valence-electron chi connectivity index (χ2n) is 9.06. The van der Waals surface area contributed by atoms with Crippen molar-refractivity contribution in [2.24, 2.45) is 0 Å². The van der Waals surface area contributed by atoms with Gasteiger partial charge in [0.1, 0.15) is 5.82 Å². The Balaban J connectivity index is 1.46. The van der Waals surface area contributed by atoms with Gasteiger partial charge in [0, 0.05) is 41.8 Å². The Kier molecular flexibility index (Phi) is 6.45. The molecular formula is C28H24F4N2O2S. The van der Waals surface area contributed by atoms with E-state index in [0.29, 0.717) is 19.0 Å². The molecule has 2 heterocycles. The van der Waals surface area contributed by atoms with Crippen LogP contribution in [0.5, 0.6) is 0 Å². The molecule has 4 nitrogen and oxygen atoms in total. The number of para-hydroxylation sites is 1. The average Bonchev–Trinajstić information content (AvgIpc) is 3.16. The Labute approximate surface area is 212 Å². The van der Waals surface area contributed by atoms with Crippen LogP contribution in [0.1, 0.15) is 28.8 Å². The highest BCUT2D eigenvalue weighted by atomic mass is 32.2. The van der Waals surface area contributed by atoms with Crippen molar-refractivity contribution < 1.29 is 26.0 Å². The van der Waals surface area contributed by atoms with Crippen molar-refractivity contribution in [3.63, 3.8) is 0 Å². The van der Waals surface area contributed by atoms with Gasteiger partial charge in [-0.2, -0.15) is 17.5 Å². The second-order valence-corrected chi connectivity index (χ2v) is 11.0. The lowest BCUT2D eigenvalue weighted by Crippen LogP contribution is -2.34. The zero-order chi connectivity index (χ0) is 26.4. The molecule has 1 aliphatic heterocycles. The predicted octanol–water partition coefficient (Wildman–Crippen LogP) is 6.63. The molecule has 0 fully saturated rings. The van der Waals surface area contributed by atoms with Gasteiger partial charge in [-0.3, -0.25) is 0 Å². The first kappa shape index (κ1) is 25.2. The van der Waals surface area contributed by atoms with Crippen LogP contribution in [0, 0.1) is 12.7 Å². The zero-order valence-corrected chi connectivity index (χ0v) is 20.8. The third kappa shape index (κ3) is 4.81. The topological polar surface area (TPSA) is 42.3 Å². The molecule has 3 aromatic carbocycles. The molecule has 0 N–H and O–H groups in total. The van der Waals surface area contributed by atoms with Crippen LogP contribution in [-0.2, 0) is 22.7 Å². The minimum Gasteiger partial charge on any atom is -0.340 e. The van der Waals surface area contributed by atoms with E-state index in [1.807, 2.05) is 37.3 Å². The molecule has 0 amide bonds. The van der Waals surface area contributed by atoms with Crippen LogP contribution in [0.4, 0.5) is 17.6 Å². The van der Waals surface area contributed by atoms with E-state index in [1.54, 1.807) is 12.1 Å². The minimum atomic E-state index is -4.62. The van der Waals surface area contributed by atoms with Gasteiger partial charge in [-0.25, -0.2) is 12.8 Å². The second kappa shape index (κ2) is 9.46. The fraction of sp³-hybridized carbons (Fsp3) is 0.214. The first-order valence-electron chi connectivity index (χ1n) is 11.7. The highest BCUT2D eigenvalue weighted by Crippen LogP contribution is 2.36. The number of rotatable bonds is 5. The Morgan fingerprint density at radius 3 is 2.35 bits per heavy atom. The average molecular weight is 529 g/mol. The number of hydrogen-bond acceptors (Lipinski definition) is 2. The minimum absolute atomic E-state index is 0.0603. The number of fused-ring (bicyclic) bond motifs is 1. The first-order valence-corrected chi connectivity index (χ1v) is 13.2. The van der Waals surface area contributed by atoms with Gasteiger partial charge < -0.3 is 4.57 Å². The number of alkyl halides is 3. The molecule has 0 saturated carbocycles. The third-order valence-electron chi connectivity index (χ3n) is 6.78. The van der Waals surface area contributed by atoms with Gasteiger partial charge in [0.05, 0.1) is 10.5 Å². The number of benzene rings is 3. The maximum atomic E-state index is 13.4. The molecule has 4 aromatic rings. The van der Waals surface area contributed by atoms with Crippen LogP contribution in [0.25, 0.3) is 16.5 Å². The zero-order valence-electron chi connectivity index (χ0n) is 20.0. The number of hydrogen-bond donors (Lipinski definition) is 0. The summed E-state index contributed by atoms with van der Waals surface area (Å²) >= 11 is 0. The SMILES string of the molecule is Cc1c(C2=CCN(S(=O)(=O)c3cccc(C(F)(F)F)c3)CC2)c2ccccc2n1Cc1ccc(F)cc1. The summed E-state index contributed by atoms with van der Waals surface area (Å²) in [7, 11) is -4.09. The van der Waals surface area contributed by atoms with E-state index in [9.17, 15) is 26.0 Å². The van der Waals surface area contributed by atoms with Gasteiger partial charge in [-0.1, -0.05) is 42.5 Å². The van der Waals surface area contributed by atoms with Gasteiger partial charge >= 0.3 is 6.18 Å². The molecule has 1 aromatic heterocycles. The summed E-state index contributed by atoms with van der Waals surface area (Å²) in [4.78, 5) is -0.369. The summed E-state index contributed by atoms with van der Waals surface area (Å²) in [5.74, 6) is -0.296. The molecule has 192 valence electrons. The number of halogens is 4. The van der Waals surface area contributed by atoms with Crippen molar-refractivity contribution in [2.45, 2.75) is 31.0 Å². The van der Waals surface area contributed by atoms with Crippen LogP contribution in [0.2, 0.25) is 0 Å². The van der Waals surface area contributed by atoms with E-state index in [2.05, 4.69) is 4.57 Å². The molecule has 0 aliphatic carbocycles. The summed E-state index contributed by atoms with van der Waals surface area (Å²) in [5.41, 5.74) is 3.99. The fourth-order valence-electron chi connectivity index (χ4n) is 4.89. The molecular weight excluding hydrogens is 504 g/mol. The van der Waals surface area contributed by atoms with Crippen LogP contribution < -0.4 is 0 Å². The van der Waals surface area contributed by atoms with E-state index in [4.69, 9.17) is 0 Å². The summed E-state index contributed by atoms with van der Waals surface area (Å²) in [5, 5.41) is 1.03. The van der Waals surface area contributed by atoms with E-state index < -0.39 is 21.8 Å². The van der Waals surface area contributed by atoms with E-state index in [0.717, 1.165) is 45.4 Å². The van der Waals surface area contributed by atoms with Crippen LogP contribution >= 0.6 is 0 Å². The molecule has 1 aliphatic rings. The smallest absolute Gasteiger partial charge is 0.340 e. The van der Waals surface area contributed by atoms with Gasteiger partial charge in [0.15, 0.2) is 0 Å². The lowest BCUT2D eigenvalue weighted by Gasteiger charge is -2.26. The monoisotopic (exact) mass is 528 g/mol. The maximum Gasteiger partial charge on any atom is 0.416 e. The van der Waals surface area contributed by atoms with E-state index in [-0.39, 0.29) is 23.8 Å². The quantitative estimate of drug-likeness (QED) is 0.273. The molecule has 5 rings (SSSR count). The normalized spacial score (nSPS) is 15.2. The molecule has 0 bridgehead atoms. The summed E-state index contributed by atoms with van der Waals surface area (Å²) in [6.07, 6.45) is -2.37. The van der Waals surface area contributed by atoms with Gasteiger partial charge in [-0.05, 0) is 60.9 Å². The highest BCUT2D eigenvalue weighted by Gasteiger charge is 2.33. The van der Waals surface area contributed by atoms with E-state index in [1.165, 1.54) is 22.5 Å². The van der Waals surface area contributed by atoms with Crippen LogP contribution in [0.3, 0.4) is 0 Å². The van der Waals surface area contributed by atoms with Crippen LogP contribution in [0.15, 0.2) is 83.8 Å². The predicted molar refractivity (Wildman–Crippen MR) is 135 cm³/mol. The molecule has 0 radical (unpaired) electrons. The molecule has 0 atom stereocenters. The first-order chi connectivity index (χ1) is 17.6. The van der Waals surface area contributed by atoms with Gasteiger partial charge in [-0.15, -0.1) is 0 Å². The lowest BCUT2D eigenvalue weighted by molar-refractivity contribution is -0.137. The van der Waals surface area contributed by atoms with Crippen molar-refractivity contribution in [1.82, 2.24) is 8.87 Å². The molecule has 0 saturated heterocycles. The number of sulfonamides is 1. The summed E-state index contributed by atoms with van der Waals surface area (Å²) in [6, 6.07) is 18.1. The van der Waals surface area contributed by atoms with Crippen LogP contribution in [-0.4, -0.2) is 30.4 Å². The molecule has 9 heteroatoms. The largest absolute Gasteiger partial charge is 0.416 e. The standard InChI is InChI=1S/C28H24F4N2O2S/c1-19-27(25-7-2-3-8-26(25)34(19)18-20-9-11-23(29)12-10-20)21-13-15-33(16-14-21)37(35,36)24-6-4-5-22(17-24)28(30,31)32/h2-13,17H,14-16,18H2,1H3. The number of nitrogens with zero attached hydrogens (tertiary/aromatic N) is 2. The van der Waals surface area contributed by atoms with Gasteiger partial charge in [0.25, 0.3) is 0 Å². The Bertz CT molecular complexity index is 1600. The number of aromatic nitrogens is 1. The van der Waals surface area contributed by atoms with Crippen molar-refractivity contribution in [3.05, 3.63) is 107 Å². The Morgan fingerprint density at radius 1 is 0.946 bits per heavy atom. The van der Waals surface area contributed by atoms with Crippen molar-refractivity contribution >= 4 is 26.5 Å². The van der Waals surface area contributed by atoms with Gasteiger partial charge in [0.2, 0.25) is 10.0 Å². The molecule has 37 heavy (non-hydrogen) atoms. The third-order valence-corrected chi connectivity index (χ3v) is 8.64. The molecule has 0 unspecified atom stereocenters. The van der Waals surface area contributed by atoms with Crippen molar-refractivity contribution in [2.75, 3.05) is 13.1 Å². The maximum absolute atomic E-state index is 13.4. The summed E-state index contributed by atoms with van der Waals surface area (Å²) < 4.78 is 82.4. The van der Waals surface area contributed by atoms with Crippen molar-refractivity contribution in [3.8, 4) is 0 Å².